The predicted molar refractivity (Wildman–Crippen MR) is 121 cm³/mol. The zero-order chi connectivity index (χ0) is 20.8. The number of likely N-dealkylation sites (tertiary alicyclic amines) is 1. The third kappa shape index (κ3) is 5.75. The van der Waals surface area contributed by atoms with Crippen molar-refractivity contribution in [2.45, 2.75) is 25.9 Å². The Kier molecular flexibility index (Phi) is 7.26. The van der Waals surface area contributed by atoms with Crippen LogP contribution in [-0.2, 0) is 22.6 Å². The highest BCUT2D eigenvalue weighted by atomic mass is 35.5. The Balaban J connectivity index is 1.20. The van der Waals surface area contributed by atoms with Crippen molar-refractivity contribution in [2.24, 2.45) is 5.92 Å². The van der Waals surface area contributed by atoms with E-state index >= 15 is 0 Å². The summed E-state index contributed by atoms with van der Waals surface area (Å²) in [6.45, 7) is 6.87. The maximum absolute atomic E-state index is 12.6. The number of benzene rings is 2. The Labute approximate surface area is 184 Å². The fourth-order valence-electron chi connectivity index (χ4n) is 4.18. The largest absolute Gasteiger partial charge is 0.378 e. The van der Waals surface area contributed by atoms with Crippen molar-refractivity contribution in [3.05, 3.63) is 64.7 Å². The van der Waals surface area contributed by atoms with Crippen LogP contribution < -0.4 is 10.2 Å². The van der Waals surface area contributed by atoms with Crippen LogP contribution in [0.2, 0.25) is 5.02 Å². The summed E-state index contributed by atoms with van der Waals surface area (Å²) >= 11 is 5.96. The van der Waals surface area contributed by atoms with Crippen LogP contribution in [0.3, 0.4) is 0 Å². The van der Waals surface area contributed by atoms with Gasteiger partial charge in [0, 0.05) is 42.8 Å². The maximum atomic E-state index is 12.6. The van der Waals surface area contributed by atoms with Crippen LogP contribution in [-0.4, -0.2) is 50.2 Å². The lowest BCUT2D eigenvalue weighted by Crippen LogP contribution is -2.40. The van der Waals surface area contributed by atoms with Crippen molar-refractivity contribution < 1.29 is 9.53 Å². The molecule has 0 aliphatic carbocycles. The fourth-order valence-corrected chi connectivity index (χ4v) is 4.31. The summed E-state index contributed by atoms with van der Waals surface area (Å²) in [6.07, 6.45) is 1.82. The lowest BCUT2D eigenvalue weighted by atomic mass is 9.95. The highest BCUT2D eigenvalue weighted by molar-refractivity contribution is 6.30. The molecule has 160 valence electrons. The minimum Gasteiger partial charge on any atom is -0.378 e. The lowest BCUT2D eigenvalue weighted by Gasteiger charge is -2.31. The molecule has 30 heavy (non-hydrogen) atoms. The van der Waals surface area contributed by atoms with Gasteiger partial charge < -0.3 is 15.0 Å². The number of rotatable bonds is 6. The van der Waals surface area contributed by atoms with E-state index in [1.165, 1.54) is 11.3 Å². The van der Waals surface area contributed by atoms with Crippen molar-refractivity contribution >= 4 is 23.2 Å². The van der Waals surface area contributed by atoms with E-state index in [4.69, 9.17) is 16.3 Å². The van der Waals surface area contributed by atoms with Gasteiger partial charge in [0.25, 0.3) is 0 Å². The number of piperidine rings is 1. The number of carbonyl (C=O) groups is 1. The molecule has 2 saturated heterocycles. The van der Waals surface area contributed by atoms with Crippen LogP contribution >= 0.6 is 11.6 Å². The Bertz CT molecular complexity index is 811. The Hall–Kier alpha value is -2.08. The zero-order valence-electron chi connectivity index (χ0n) is 17.4. The summed E-state index contributed by atoms with van der Waals surface area (Å²) in [6, 6.07) is 16.5. The maximum Gasteiger partial charge on any atom is 0.223 e. The van der Waals surface area contributed by atoms with Crippen LogP contribution in [0, 0.1) is 5.92 Å². The van der Waals surface area contributed by atoms with Gasteiger partial charge in [-0.2, -0.15) is 0 Å². The highest BCUT2D eigenvalue weighted by Gasteiger charge is 2.24. The molecule has 2 aromatic rings. The van der Waals surface area contributed by atoms with Gasteiger partial charge in [-0.25, -0.2) is 0 Å². The molecule has 2 aliphatic heterocycles. The van der Waals surface area contributed by atoms with Gasteiger partial charge in [0.15, 0.2) is 0 Å². The molecule has 0 unspecified atom stereocenters. The molecule has 2 fully saturated rings. The molecule has 2 aliphatic rings. The molecule has 0 aromatic heterocycles. The fraction of sp³-hybridized carbons (Fsp3) is 0.458. The molecule has 1 amide bonds. The topological polar surface area (TPSA) is 44.8 Å². The molecule has 2 heterocycles. The minimum absolute atomic E-state index is 0.110. The number of anilines is 1. The van der Waals surface area contributed by atoms with E-state index in [-0.39, 0.29) is 11.8 Å². The second kappa shape index (κ2) is 10.3. The number of carbonyl (C=O) groups excluding carboxylic acids is 1. The first-order chi connectivity index (χ1) is 14.7. The second-order valence-corrected chi connectivity index (χ2v) is 8.60. The lowest BCUT2D eigenvalue weighted by molar-refractivity contribution is -0.126. The van der Waals surface area contributed by atoms with E-state index in [1.807, 2.05) is 12.1 Å². The van der Waals surface area contributed by atoms with Gasteiger partial charge in [0.2, 0.25) is 5.91 Å². The summed E-state index contributed by atoms with van der Waals surface area (Å²) in [4.78, 5) is 17.4. The molecule has 0 saturated carbocycles. The van der Waals surface area contributed by atoms with Crippen molar-refractivity contribution in [3.63, 3.8) is 0 Å². The number of ether oxygens (including phenoxy) is 1. The Morgan fingerprint density at radius 1 is 0.933 bits per heavy atom. The van der Waals surface area contributed by atoms with Crippen LogP contribution in [0.5, 0.6) is 0 Å². The molecule has 4 rings (SSSR count). The molecular weight excluding hydrogens is 398 g/mol. The zero-order valence-corrected chi connectivity index (χ0v) is 18.1. The van der Waals surface area contributed by atoms with Crippen molar-refractivity contribution in [1.29, 1.82) is 0 Å². The molecule has 0 spiro atoms. The smallest absolute Gasteiger partial charge is 0.223 e. The first kappa shape index (κ1) is 21.2. The van der Waals surface area contributed by atoms with E-state index in [2.05, 4.69) is 51.5 Å². The van der Waals surface area contributed by atoms with E-state index in [9.17, 15) is 4.79 Å². The van der Waals surface area contributed by atoms with Crippen molar-refractivity contribution in [3.8, 4) is 0 Å². The van der Waals surface area contributed by atoms with E-state index < -0.39 is 0 Å². The van der Waals surface area contributed by atoms with Crippen LogP contribution in [0.1, 0.15) is 24.0 Å². The number of amides is 1. The molecule has 5 nitrogen and oxygen atoms in total. The van der Waals surface area contributed by atoms with Gasteiger partial charge in [-0.1, -0.05) is 35.9 Å². The first-order valence-electron chi connectivity index (χ1n) is 10.8. The van der Waals surface area contributed by atoms with Gasteiger partial charge in [-0.15, -0.1) is 0 Å². The van der Waals surface area contributed by atoms with E-state index in [0.29, 0.717) is 6.54 Å². The second-order valence-electron chi connectivity index (χ2n) is 8.16. The number of halogens is 1. The normalized spacial score (nSPS) is 18.4. The van der Waals surface area contributed by atoms with Crippen molar-refractivity contribution in [1.82, 2.24) is 10.2 Å². The Morgan fingerprint density at radius 2 is 1.57 bits per heavy atom. The average molecular weight is 428 g/mol. The molecule has 6 heteroatoms. The number of hydrogen-bond acceptors (Lipinski definition) is 4. The number of morpholine rings is 1. The SMILES string of the molecule is O=C(NCc1ccc(N2CCOCC2)cc1)C1CCN(Cc2ccc(Cl)cc2)CC1. The van der Waals surface area contributed by atoms with Gasteiger partial charge in [0.05, 0.1) is 13.2 Å². The monoisotopic (exact) mass is 427 g/mol. The van der Waals surface area contributed by atoms with Gasteiger partial charge in [-0.3, -0.25) is 9.69 Å². The summed E-state index contributed by atoms with van der Waals surface area (Å²) in [5.74, 6) is 0.289. The quantitative estimate of drug-likeness (QED) is 0.763. The standard InChI is InChI=1S/C24H30ClN3O2/c25-22-5-1-20(2-6-22)18-27-11-9-21(10-12-27)24(29)26-17-19-3-7-23(8-4-19)28-13-15-30-16-14-28/h1-8,21H,9-18H2,(H,26,29). The summed E-state index contributed by atoms with van der Waals surface area (Å²) < 4.78 is 5.41. The predicted octanol–water partition coefficient (Wildman–Crippen LogP) is 3.71. The number of nitrogens with zero attached hydrogens (tertiary/aromatic N) is 2. The number of nitrogens with one attached hydrogen (secondary N) is 1. The van der Waals surface area contributed by atoms with E-state index in [0.717, 1.165) is 69.4 Å². The van der Waals surface area contributed by atoms with Gasteiger partial charge in [0.1, 0.15) is 0 Å². The molecule has 0 radical (unpaired) electrons. The van der Waals surface area contributed by atoms with Gasteiger partial charge >= 0.3 is 0 Å². The average Bonchev–Trinajstić information content (AvgIpc) is 2.80. The van der Waals surface area contributed by atoms with Crippen LogP contribution in [0.25, 0.3) is 0 Å². The first-order valence-corrected chi connectivity index (χ1v) is 11.2. The molecule has 2 aromatic carbocycles. The molecule has 1 N–H and O–H groups in total. The molecule has 0 bridgehead atoms. The summed E-state index contributed by atoms with van der Waals surface area (Å²) in [5, 5.41) is 3.90. The van der Waals surface area contributed by atoms with Crippen LogP contribution in [0.4, 0.5) is 5.69 Å². The summed E-state index contributed by atoms with van der Waals surface area (Å²) in [5.41, 5.74) is 3.63. The van der Waals surface area contributed by atoms with E-state index in [1.54, 1.807) is 0 Å². The third-order valence-electron chi connectivity index (χ3n) is 6.06. The van der Waals surface area contributed by atoms with Gasteiger partial charge in [-0.05, 0) is 61.3 Å². The third-order valence-corrected chi connectivity index (χ3v) is 6.31. The minimum atomic E-state index is 0.110. The molecule has 0 atom stereocenters. The highest BCUT2D eigenvalue weighted by Crippen LogP contribution is 2.21. The van der Waals surface area contributed by atoms with Crippen molar-refractivity contribution in [2.75, 3.05) is 44.3 Å². The number of hydrogen-bond donors (Lipinski definition) is 1. The molecular formula is C24H30ClN3O2. The summed E-state index contributed by atoms with van der Waals surface area (Å²) in [7, 11) is 0. The van der Waals surface area contributed by atoms with Crippen LogP contribution in [0.15, 0.2) is 48.5 Å². The Morgan fingerprint density at radius 3 is 2.23 bits per heavy atom.